The molecule has 1 aliphatic heterocycles. The van der Waals surface area contributed by atoms with E-state index in [0.717, 1.165) is 0 Å². The zero-order valence-electron chi connectivity index (χ0n) is 7.23. The summed E-state index contributed by atoms with van der Waals surface area (Å²) < 4.78 is 12.9. The Morgan fingerprint density at radius 2 is 2.25 bits per heavy atom. The van der Waals surface area contributed by atoms with E-state index in [1.807, 2.05) is 13.8 Å². The second kappa shape index (κ2) is 3.09. The van der Waals surface area contributed by atoms with Crippen molar-refractivity contribution in [2.24, 2.45) is 11.8 Å². The van der Waals surface area contributed by atoms with Crippen LogP contribution in [0.4, 0.5) is 4.39 Å². The molecule has 0 radical (unpaired) electrons. The van der Waals surface area contributed by atoms with Gasteiger partial charge in [0.05, 0.1) is 11.6 Å². The number of amides is 1. The van der Waals surface area contributed by atoms with Gasteiger partial charge in [-0.2, -0.15) is 0 Å². The van der Waals surface area contributed by atoms with Crippen LogP contribution in [-0.2, 0) is 4.79 Å². The van der Waals surface area contributed by atoms with E-state index in [0.29, 0.717) is 0 Å². The predicted molar refractivity (Wildman–Crippen MR) is 44.8 cm³/mol. The first-order valence-electron chi connectivity index (χ1n) is 3.90. The van der Waals surface area contributed by atoms with Gasteiger partial charge in [0.2, 0.25) is 5.91 Å². The van der Waals surface area contributed by atoms with Crippen molar-refractivity contribution < 1.29 is 9.18 Å². The first kappa shape index (κ1) is 8.97. The van der Waals surface area contributed by atoms with Gasteiger partial charge in [0.25, 0.3) is 0 Å². The molecule has 0 aliphatic carbocycles. The summed E-state index contributed by atoms with van der Waals surface area (Å²) >= 11 is 0. The normalized spacial score (nSPS) is 24.0. The van der Waals surface area contributed by atoms with Gasteiger partial charge in [-0.3, -0.25) is 4.79 Å². The summed E-state index contributed by atoms with van der Waals surface area (Å²) in [4.78, 5) is 11.2. The van der Waals surface area contributed by atoms with Crippen molar-refractivity contribution in [2.75, 3.05) is 0 Å². The summed E-state index contributed by atoms with van der Waals surface area (Å²) in [5.41, 5.74) is 0.0666. The molecule has 0 fully saturated rings. The van der Waals surface area contributed by atoms with E-state index in [4.69, 9.17) is 0 Å². The number of carbonyl (C=O) groups is 1. The van der Waals surface area contributed by atoms with E-state index in [2.05, 4.69) is 11.9 Å². The molecule has 12 heavy (non-hydrogen) atoms. The zero-order chi connectivity index (χ0) is 9.30. The zero-order valence-corrected chi connectivity index (χ0v) is 7.23. The van der Waals surface area contributed by atoms with Crippen molar-refractivity contribution in [2.45, 2.75) is 13.8 Å². The minimum atomic E-state index is -0.423. The number of allylic oxidation sites excluding steroid dienone is 1. The van der Waals surface area contributed by atoms with Crippen LogP contribution in [0, 0.1) is 11.8 Å². The topological polar surface area (TPSA) is 29.1 Å². The van der Waals surface area contributed by atoms with Gasteiger partial charge in [-0.25, -0.2) is 4.39 Å². The maximum atomic E-state index is 12.9. The minimum absolute atomic E-state index is 0.0666. The molecule has 1 amide bonds. The molecule has 66 valence electrons. The van der Waals surface area contributed by atoms with Crippen LogP contribution in [0.1, 0.15) is 13.8 Å². The number of halogens is 1. The lowest BCUT2D eigenvalue weighted by Gasteiger charge is -2.22. The van der Waals surface area contributed by atoms with Gasteiger partial charge in [-0.1, -0.05) is 20.4 Å². The predicted octanol–water partition coefficient (Wildman–Crippen LogP) is 1.76. The van der Waals surface area contributed by atoms with Crippen molar-refractivity contribution in [3.63, 3.8) is 0 Å². The van der Waals surface area contributed by atoms with Gasteiger partial charge < -0.3 is 5.32 Å². The van der Waals surface area contributed by atoms with E-state index >= 15 is 0 Å². The Bertz CT molecular complexity index is 255. The van der Waals surface area contributed by atoms with Crippen LogP contribution in [0.2, 0.25) is 0 Å². The van der Waals surface area contributed by atoms with Crippen molar-refractivity contribution in [1.82, 2.24) is 5.32 Å². The summed E-state index contributed by atoms with van der Waals surface area (Å²) in [5, 5.41) is 2.38. The third-order valence-corrected chi connectivity index (χ3v) is 1.91. The fraction of sp³-hybridized carbons (Fsp3) is 0.444. The van der Waals surface area contributed by atoms with Crippen molar-refractivity contribution >= 4 is 5.91 Å². The number of nitrogens with one attached hydrogen (secondary N) is 1. The number of carbonyl (C=O) groups excluding carboxylic acids is 1. The average Bonchev–Trinajstić information content (AvgIpc) is 1.96. The lowest BCUT2D eigenvalue weighted by molar-refractivity contribution is -0.124. The molecule has 0 aromatic carbocycles. The molecular weight excluding hydrogens is 157 g/mol. The largest absolute Gasteiger partial charge is 0.324 e. The molecule has 1 atom stereocenters. The van der Waals surface area contributed by atoms with Gasteiger partial charge in [0.15, 0.2) is 0 Å². The molecule has 0 saturated carbocycles. The monoisotopic (exact) mass is 169 g/mol. The molecule has 1 N–H and O–H groups in total. The van der Waals surface area contributed by atoms with E-state index in [-0.39, 0.29) is 23.4 Å². The summed E-state index contributed by atoms with van der Waals surface area (Å²) in [6.07, 6.45) is 1.33. The number of hydrogen-bond donors (Lipinski definition) is 1. The Balaban J connectivity index is 2.90. The molecule has 1 aliphatic rings. The van der Waals surface area contributed by atoms with E-state index in [9.17, 15) is 9.18 Å². The molecule has 0 spiro atoms. The second-order valence-electron chi connectivity index (χ2n) is 3.25. The third-order valence-electron chi connectivity index (χ3n) is 1.91. The standard InChI is InChI=1S/C9H12FNO/c1-5(2)7-4-8(10)6(3)11-9(7)12/h4-5,7H,3H2,1-2H3,(H,11,12). The Hall–Kier alpha value is -1.12. The van der Waals surface area contributed by atoms with Gasteiger partial charge in [0, 0.05) is 0 Å². The fourth-order valence-electron chi connectivity index (χ4n) is 1.12. The van der Waals surface area contributed by atoms with Crippen molar-refractivity contribution in [3.05, 3.63) is 24.2 Å². The Kier molecular flexibility index (Phi) is 2.31. The first-order valence-corrected chi connectivity index (χ1v) is 3.90. The lowest BCUT2D eigenvalue weighted by Crippen LogP contribution is -2.35. The van der Waals surface area contributed by atoms with Crippen LogP contribution in [0.5, 0.6) is 0 Å². The fourth-order valence-corrected chi connectivity index (χ4v) is 1.12. The minimum Gasteiger partial charge on any atom is -0.324 e. The molecule has 0 saturated heterocycles. The maximum absolute atomic E-state index is 12.9. The van der Waals surface area contributed by atoms with Gasteiger partial charge in [0.1, 0.15) is 5.83 Å². The quantitative estimate of drug-likeness (QED) is 0.636. The average molecular weight is 169 g/mol. The van der Waals surface area contributed by atoms with E-state index in [1.165, 1.54) is 6.08 Å². The van der Waals surface area contributed by atoms with Crippen LogP contribution >= 0.6 is 0 Å². The summed E-state index contributed by atoms with van der Waals surface area (Å²) in [6.45, 7) is 7.12. The molecular formula is C9H12FNO. The molecule has 1 heterocycles. The SMILES string of the molecule is C=C1NC(=O)C(C(C)C)C=C1F. The Morgan fingerprint density at radius 1 is 1.67 bits per heavy atom. The van der Waals surface area contributed by atoms with E-state index in [1.54, 1.807) is 0 Å². The molecule has 1 unspecified atom stereocenters. The Morgan fingerprint density at radius 3 is 2.75 bits per heavy atom. The number of rotatable bonds is 1. The van der Waals surface area contributed by atoms with Crippen LogP contribution in [0.3, 0.4) is 0 Å². The van der Waals surface area contributed by atoms with Crippen molar-refractivity contribution in [1.29, 1.82) is 0 Å². The molecule has 3 heteroatoms. The second-order valence-corrected chi connectivity index (χ2v) is 3.25. The lowest BCUT2D eigenvalue weighted by atomic mass is 9.92. The van der Waals surface area contributed by atoms with Crippen LogP contribution in [0.15, 0.2) is 24.2 Å². The molecule has 2 nitrogen and oxygen atoms in total. The maximum Gasteiger partial charge on any atom is 0.231 e. The highest BCUT2D eigenvalue weighted by atomic mass is 19.1. The molecule has 0 aromatic heterocycles. The van der Waals surface area contributed by atoms with Crippen LogP contribution < -0.4 is 5.32 Å². The van der Waals surface area contributed by atoms with Crippen LogP contribution in [0.25, 0.3) is 0 Å². The molecule has 0 aromatic rings. The van der Waals surface area contributed by atoms with E-state index < -0.39 is 5.83 Å². The first-order chi connectivity index (χ1) is 5.52. The molecule has 0 bridgehead atoms. The smallest absolute Gasteiger partial charge is 0.231 e. The van der Waals surface area contributed by atoms with Gasteiger partial charge >= 0.3 is 0 Å². The third kappa shape index (κ3) is 1.55. The van der Waals surface area contributed by atoms with Gasteiger partial charge in [-0.15, -0.1) is 0 Å². The van der Waals surface area contributed by atoms with Crippen molar-refractivity contribution in [3.8, 4) is 0 Å². The van der Waals surface area contributed by atoms with Crippen LogP contribution in [-0.4, -0.2) is 5.91 Å². The summed E-state index contributed by atoms with van der Waals surface area (Å²) in [5.74, 6) is -0.843. The number of hydrogen-bond acceptors (Lipinski definition) is 1. The van der Waals surface area contributed by atoms with Gasteiger partial charge in [-0.05, 0) is 12.0 Å². The molecule has 1 rings (SSSR count). The highest BCUT2D eigenvalue weighted by Crippen LogP contribution is 2.22. The Labute approximate surface area is 71.2 Å². The summed E-state index contributed by atoms with van der Waals surface area (Å²) in [6, 6.07) is 0. The highest BCUT2D eigenvalue weighted by Gasteiger charge is 2.26. The summed E-state index contributed by atoms with van der Waals surface area (Å²) in [7, 11) is 0. The highest BCUT2D eigenvalue weighted by molar-refractivity contribution is 5.84.